The van der Waals surface area contributed by atoms with E-state index in [4.69, 9.17) is 0 Å². The van der Waals surface area contributed by atoms with Crippen molar-refractivity contribution < 1.29 is 15.0 Å². The van der Waals surface area contributed by atoms with Crippen LogP contribution >= 0.6 is 0 Å². The third-order valence-corrected chi connectivity index (χ3v) is 4.18. The van der Waals surface area contributed by atoms with Gasteiger partial charge in [0, 0.05) is 12.4 Å². The minimum absolute atomic E-state index is 0.000385. The molecule has 3 aromatic rings. The minimum atomic E-state index is -0.353. The Morgan fingerprint density at radius 2 is 1.71 bits per heavy atom. The standard InChI is InChI=1S/C20H19NO3/c1-4-15-18(22)16(12(2)3)9-17(19(15)23)20(24)21-10-13-7-5-6-8-14(13)11-21/h4-12,22-23H,1H2,2-3H3. The third kappa shape index (κ3) is 2.46. The molecule has 1 heterocycles. The molecule has 0 amide bonds. The van der Waals surface area contributed by atoms with Gasteiger partial charge in [-0.15, -0.1) is 0 Å². The maximum absolute atomic E-state index is 12.9. The first-order valence-electron chi connectivity index (χ1n) is 7.76. The second kappa shape index (κ2) is 5.89. The van der Waals surface area contributed by atoms with Gasteiger partial charge in [-0.2, -0.15) is 0 Å². The molecule has 0 aliphatic rings. The zero-order chi connectivity index (χ0) is 17.4. The Kier molecular flexibility index (Phi) is 3.89. The number of benzene rings is 2. The molecule has 0 aliphatic carbocycles. The summed E-state index contributed by atoms with van der Waals surface area (Å²) in [4.78, 5) is 12.9. The van der Waals surface area contributed by atoms with Gasteiger partial charge in [0.05, 0.1) is 11.1 Å². The van der Waals surface area contributed by atoms with Crippen LogP contribution in [-0.2, 0) is 0 Å². The van der Waals surface area contributed by atoms with Crippen LogP contribution in [0.4, 0.5) is 0 Å². The molecule has 122 valence electrons. The van der Waals surface area contributed by atoms with E-state index in [0.29, 0.717) is 5.56 Å². The molecule has 4 heteroatoms. The van der Waals surface area contributed by atoms with Crippen molar-refractivity contribution >= 4 is 22.8 Å². The molecule has 0 saturated heterocycles. The van der Waals surface area contributed by atoms with Gasteiger partial charge in [0.2, 0.25) is 0 Å². The van der Waals surface area contributed by atoms with Gasteiger partial charge in [-0.25, -0.2) is 0 Å². The number of carbonyl (C=O) groups is 1. The maximum Gasteiger partial charge on any atom is 0.265 e. The van der Waals surface area contributed by atoms with Gasteiger partial charge >= 0.3 is 0 Å². The normalized spacial score (nSPS) is 11.1. The van der Waals surface area contributed by atoms with Crippen molar-refractivity contribution in [2.45, 2.75) is 19.8 Å². The number of carbonyl (C=O) groups excluding carboxylic acids is 1. The summed E-state index contributed by atoms with van der Waals surface area (Å²) in [7, 11) is 0. The van der Waals surface area contributed by atoms with Gasteiger partial charge in [-0.05, 0) is 28.3 Å². The van der Waals surface area contributed by atoms with Crippen molar-refractivity contribution in [2.75, 3.05) is 0 Å². The van der Waals surface area contributed by atoms with Gasteiger partial charge in [-0.1, -0.05) is 50.8 Å². The number of rotatable bonds is 3. The van der Waals surface area contributed by atoms with E-state index in [0.717, 1.165) is 10.8 Å². The molecule has 0 aliphatic heterocycles. The number of hydrogen-bond donors (Lipinski definition) is 2. The SMILES string of the molecule is C=Cc1c(O)c(C(=O)n2cc3ccccc3c2)cc(C(C)C)c1O. The molecule has 1 aromatic heterocycles. The second-order valence-electron chi connectivity index (χ2n) is 6.08. The number of aromatic hydroxyl groups is 2. The van der Waals surface area contributed by atoms with Gasteiger partial charge in [0.1, 0.15) is 11.5 Å². The first kappa shape index (κ1) is 15.9. The average Bonchev–Trinajstić information content (AvgIpc) is 2.98. The van der Waals surface area contributed by atoms with Crippen molar-refractivity contribution in [1.29, 1.82) is 0 Å². The molecule has 4 nitrogen and oxygen atoms in total. The zero-order valence-electron chi connectivity index (χ0n) is 13.7. The first-order chi connectivity index (χ1) is 11.4. The highest BCUT2D eigenvalue weighted by atomic mass is 16.3. The van der Waals surface area contributed by atoms with E-state index in [1.165, 1.54) is 10.6 Å². The fourth-order valence-corrected chi connectivity index (χ4v) is 2.84. The lowest BCUT2D eigenvalue weighted by Gasteiger charge is -2.15. The van der Waals surface area contributed by atoms with Crippen LogP contribution in [-0.4, -0.2) is 20.7 Å². The number of nitrogens with zero attached hydrogens (tertiary/aromatic N) is 1. The summed E-state index contributed by atoms with van der Waals surface area (Å²) in [6, 6.07) is 9.20. The van der Waals surface area contributed by atoms with Crippen molar-refractivity contribution in [1.82, 2.24) is 4.57 Å². The summed E-state index contributed by atoms with van der Waals surface area (Å²) in [6.45, 7) is 7.45. The molecule has 0 atom stereocenters. The molecule has 0 bridgehead atoms. The van der Waals surface area contributed by atoms with E-state index in [2.05, 4.69) is 6.58 Å². The minimum Gasteiger partial charge on any atom is -0.507 e. The molecule has 0 fully saturated rings. The Labute approximate surface area is 140 Å². The average molecular weight is 321 g/mol. The molecular weight excluding hydrogens is 302 g/mol. The van der Waals surface area contributed by atoms with Gasteiger partial charge in [0.15, 0.2) is 0 Å². The Morgan fingerprint density at radius 3 is 2.21 bits per heavy atom. The Morgan fingerprint density at radius 1 is 1.12 bits per heavy atom. The molecule has 2 N–H and O–H groups in total. The fraction of sp³-hybridized carbons (Fsp3) is 0.150. The summed E-state index contributed by atoms with van der Waals surface area (Å²) in [5.41, 5.74) is 0.927. The number of hydrogen-bond acceptors (Lipinski definition) is 3. The number of phenolic OH excluding ortho intramolecular Hbond substituents is 2. The quantitative estimate of drug-likeness (QED) is 0.746. The summed E-state index contributed by atoms with van der Waals surface area (Å²) in [5, 5.41) is 22.6. The number of fused-ring (bicyclic) bond motifs is 1. The highest BCUT2D eigenvalue weighted by molar-refractivity contribution is 6.02. The van der Waals surface area contributed by atoms with Crippen molar-refractivity contribution in [3.8, 4) is 11.5 Å². The zero-order valence-corrected chi connectivity index (χ0v) is 13.7. The van der Waals surface area contributed by atoms with Crippen LogP contribution in [0, 0.1) is 0 Å². The largest absolute Gasteiger partial charge is 0.507 e. The topological polar surface area (TPSA) is 62.5 Å². The summed E-state index contributed by atoms with van der Waals surface area (Å²) < 4.78 is 1.45. The lowest BCUT2D eigenvalue weighted by atomic mass is 9.94. The Bertz CT molecular complexity index is 918. The molecule has 0 unspecified atom stereocenters. The van der Waals surface area contributed by atoms with E-state index in [-0.39, 0.29) is 34.5 Å². The molecule has 3 rings (SSSR count). The van der Waals surface area contributed by atoms with E-state index in [1.807, 2.05) is 38.1 Å². The van der Waals surface area contributed by atoms with Crippen molar-refractivity contribution in [2.24, 2.45) is 0 Å². The van der Waals surface area contributed by atoms with E-state index >= 15 is 0 Å². The molecule has 2 aromatic carbocycles. The van der Waals surface area contributed by atoms with Crippen LogP contribution in [0.25, 0.3) is 16.8 Å². The maximum atomic E-state index is 12.9. The summed E-state index contributed by atoms with van der Waals surface area (Å²) >= 11 is 0. The van der Waals surface area contributed by atoms with E-state index < -0.39 is 0 Å². The monoisotopic (exact) mass is 321 g/mol. The predicted octanol–water partition coefficient (Wildman–Crippen LogP) is 4.51. The lowest BCUT2D eigenvalue weighted by Crippen LogP contribution is -2.11. The molecule has 0 spiro atoms. The van der Waals surface area contributed by atoms with Gasteiger partial charge in [0.25, 0.3) is 5.91 Å². The van der Waals surface area contributed by atoms with Gasteiger partial charge < -0.3 is 10.2 Å². The van der Waals surface area contributed by atoms with E-state index in [1.54, 1.807) is 18.5 Å². The smallest absolute Gasteiger partial charge is 0.265 e. The molecule has 0 saturated carbocycles. The Balaban J connectivity index is 2.19. The first-order valence-corrected chi connectivity index (χ1v) is 7.76. The number of aromatic nitrogens is 1. The molecule has 0 radical (unpaired) electrons. The highest BCUT2D eigenvalue weighted by Crippen LogP contribution is 2.38. The highest BCUT2D eigenvalue weighted by Gasteiger charge is 2.22. The number of phenols is 2. The van der Waals surface area contributed by atoms with Gasteiger partial charge in [-0.3, -0.25) is 9.36 Å². The van der Waals surface area contributed by atoms with Crippen molar-refractivity contribution in [3.63, 3.8) is 0 Å². The molecule has 24 heavy (non-hydrogen) atoms. The van der Waals surface area contributed by atoms with E-state index in [9.17, 15) is 15.0 Å². The fourth-order valence-electron chi connectivity index (χ4n) is 2.84. The van der Waals surface area contributed by atoms with Crippen LogP contribution in [0.3, 0.4) is 0 Å². The summed E-state index contributed by atoms with van der Waals surface area (Å²) in [5.74, 6) is -0.644. The Hall–Kier alpha value is -3.01. The second-order valence-corrected chi connectivity index (χ2v) is 6.08. The van der Waals surface area contributed by atoms with Crippen molar-refractivity contribution in [3.05, 3.63) is 66.0 Å². The van der Waals surface area contributed by atoms with Crippen LogP contribution < -0.4 is 0 Å². The predicted molar refractivity (Wildman–Crippen MR) is 95.6 cm³/mol. The van der Waals surface area contributed by atoms with Crippen LogP contribution in [0.5, 0.6) is 11.5 Å². The summed E-state index contributed by atoms with van der Waals surface area (Å²) in [6.07, 6.45) is 4.82. The molecular formula is C20H19NO3. The van der Waals surface area contributed by atoms with Crippen LogP contribution in [0.1, 0.15) is 41.3 Å². The van der Waals surface area contributed by atoms with Crippen LogP contribution in [0.15, 0.2) is 49.3 Å². The van der Waals surface area contributed by atoms with Crippen LogP contribution in [0.2, 0.25) is 0 Å². The third-order valence-electron chi connectivity index (χ3n) is 4.18. The lowest BCUT2D eigenvalue weighted by molar-refractivity contribution is 0.0958.